The summed E-state index contributed by atoms with van der Waals surface area (Å²) in [6, 6.07) is 5.55. The fourth-order valence-electron chi connectivity index (χ4n) is 3.25. The number of pyridine rings is 1. The Morgan fingerprint density at radius 2 is 1.96 bits per heavy atom. The first-order chi connectivity index (χ1) is 12.2. The van der Waals surface area contributed by atoms with Crippen LogP contribution >= 0.6 is 0 Å². The number of rotatable bonds is 6. The molecule has 2 amide bonds. The van der Waals surface area contributed by atoms with Gasteiger partial charge in [0.25, 0.3) is 11.8 Å². The molecule has 1 aliphatic rings. The van der Waals surface area contributed by atoms with E-state index in [-0.39, 0.29) is 11.8 Å². The van der Waals surface area contributed by atoms with Gasteiger partial charge in [-0.1, -0.05) is 25.8 Å². The summed E-state index contributed by atoms with van der Waals surface area (Å²) in [5.74, 6) is 0.0274. The van der Waals surface area contributed by atoms with E-state index in [0.717, 1.165) is 51.6 Å². The van der Waals surface area contributed by atoms with Crippen LogP contribution in [0.3, 0.4) is 0 Å². The van der Waals surface area contributed by atoms with Gasteiger partial charge in [-0.2, -0.15) is 0 Å². The number of likely N-dealkylation sites (tertiary alicyclic amines) is 1. The Labute approximate surface area is 148 Å². The first-order valence-electron chi connectivity index (χ1n) is 9.27. The number of carbonyl (C=O) groups excluding carboxylic acids is 2. The minimum absolute atomic E-state index is 0.0917. The molecule has 6 nitrogen and oxygen atoms in total. The lowest BCUT2D eigenvalue weighted by Gasteiger charge is -2.25. The number of amides is 2. The van der Waals surface area contributed by atoms with Crippen molar-refractivity contribution in [2.75, 3.05) is 19.6 Å². The number of aromatic nitrogens is 2. The molecular formula is C19H26N4O2. The Balaban J connectivity index is 1.84. The van der Waals surface area contributed by atoms with Crippen LogP contribution in [0.1, 0.15) is 66.6 Å². The van der Waals surface area contributed by atoms with E-state index in [1.165, 1.54) is 0 Å². The molecule has 1 N–H and O–H groups in total. The van der Waals surface area contributed by atoms with Crippen molar-refractivity contribution in [3.05, 3.63) is 35.9 Å². The predicted octanol–water partition coefficient (Wildman–Crippen LogP) is 2.88. The van der Waals surface area contributed by atoms with E-state index >= 15 is 0 Å². The van der Waals surface area contributed by atoms with Crippen LogP contribution in [0, 0.1) is 0 Å². The van der Waals surface area contributed by atoms with Crippen molar-refractivity contribution in [1.29, 1.82) is 0 Å². The van der Waals surface area contributed by atoms with E-state index in [2.05, 4.69) is 17.2 Å². The van der Waals surface area contributed by atoms with Crippen LogP contribution in [-0.2, 0) is 0 Å². The number of unbranched alkanes of at least 4 members (excludes halogenated alkanes) is 2. The summed E-state index contributed by atoms with van der Waals surface area (Å²) in [5.41, 5.74) is 1.01. The number of carbonyl (C=O) groups is 2. The van der Waals surface area contributed by atoms with Crippen LogP contribution in [0.25, 0.3) is 5.52 Å². The summed E-state index contributed by atoms with van der Waals surface area (Å²) in [7, 11) is 0. The van der Waals surface area contributed by atoms with Crippen LogP contribution in [0.2, 0.25) is 0 Å². The van der Waals surface area contributed by atoms with Gasteiger partial charge in [0.2, 0.25) is 5.82 Å². The smallest absolute Gasteiger partial charge is 0.290 e. The summed E-state index contributed by atoms with van der Waals surface area (Å²) in [4.78, 5) is 31.6. The second-order valence-corrected chi connectivity index (χ2v) is 6.56. The van der Waals surface area contributed by atoms with Gasteiger partial charge in [0.05, 0.1) is 5.52 Å². The Morgan fingerprint density at radius 1 is 1.16 bits per heavy atom. The normalized spacial score (nSPS) is 14.7. The first-order valence-corrected chi connectivity index (χ1v) is 9.27. The molecule has 3 heterocycles. The van der Waals surface area contributed by atoms with Crippen LogP contribution in [0.4, 0.5) is 0 Å². The molecule has 0 unspecified atom stereocenters. The highest BCUT2D eigenvalue weighted by Crippen LogP contribution is 2.17. The van der Waals surface area contributed by atoms with Gasteiger partial charge < -0.3 is 10.2 Å². The average molecular weight is 342 g/mol. The number of imidazole rings is 1. The molecule has 2 aromatic rings. The minimum Gasteiger partial charge on any atom is -0.351 e. The maximum Gasteiger partial charge on any atom is 0.290 e. The van der Waals surface area contributed by atoms with E-state index in [0.29, 0.717) is 23.6 Å². The Kier molecular flexibility index (Phi) is 5.68. The van der Waals surface area contributed by atoms with Gasteiger partial charge in [-0.3, -0.25) is 14.0 Å². The average Bonchev–Trinajstić information content (AvgIpc) is 3.05. The van der Waals surface area contributed by atoms with Gasteiger partial charge in [-0.15, -0.1) is 0 Å². The Bertz CT molecular complexity index is 747. The van der Waals surface area contributed by atoms with Gasteiger partial charge in [-0.25, -0.2) is 4.98 Å². The molecule has 0 radical (unpaired) electrons. The van der Waals surface area contributed by atoms with E-state index in [9.17, 15) is 9.59 Å². The van der Waals surface area contributed by atoms with Gasteiger partial charge in [-0.05, 0) is 37.8 Å². The molecule has 6 heteroatoms. The van der Waals surface area contributed by atoms with Crippen molar-refractivity contribution in [2.45, 2.75) is 45.4 Å². The van der Waals surface area contributed by atoms with E-state index < -0.39 is 0 Å². The molecule has 0 spiro atoms. The zero-order chi connectivity index (χ0) is 17.6. The van der Waals surface area contributed by atoms with Crippen LogP contribution in [-0.4, -0.2) is 45.7 Å². The molecule has 0 bridgehead atoms. The molecule has 0 atom stereocenters. The topological polar surface area (TPSA) is 66.7 Å². The molecule has 1 aliphatic heterocycles. The van der Waals surface area contributed by atoms with Crippen molar-refractivity contribution in [3.63, 3.8) is 0 Å². The number of fused-ring (bicyclic) bond motifs is 1. The number of nitrogens with one attached hydrogen (secondary N) is 1. The second-order valence-electron chi connectivity index (χ2n) is 6.56. The molecule has 0 aliphatic carbocycles. The minimum atomic E-state index is -0.211. The molecule has 0 saturated carbocycles. The molecule has 2 aromatic heterocycles. The van der Waals surface area contributed by atoms with Crippen molar-refractivity contribution >= 4 is 17.3 Å². The van der Waals surface area contributed by atoms with Crippen LogP contribution in [0.15, 0.2) is 24.4 Å². The monoisotopic (exact) mass is 342 g/mol. The van der Waals surface area contributed by atoms with E-state index in [1.54, 1.807) is 10.6 Å². The predicted molar refractivity (Wildman–Crippen MR) is 96.8 cm³/mol. The lowest BCUT2D eigenvalue weighted by Crippen LogP contribution is -2.36. The standard InChI is InChI=1S/C19H26N4O2/c1-2-3-6-11-20-18(24)16-15-10-5-9-14-23(15)17(21-16)19(25)22-12-7-4-8-13-22/h5,9-10,14H,2-4,6-8,11-13H2,1H3,(H,20,24). The first kappa shape index (κ1) is 17.5. The lowest BCUT2D eigenvalue weighted by molar-refractivity contribution is 0.0711. The largest absolute Gasteiger partial charge is 0.351 e. The second kappa shape index (κ2) is 8.14. The molecule has 25 heavy (non-hydrogen) atoms. The summed E-state index contributed by atoms with van der Waals surface area (Å²) in [6.07, 6.45) is 8.17. The third kappa shape index (κ3) is 3.83. The van der Waals surface area contributed by atoms with Gasteiger partial charge >= 0.3 is 0 Å². The maximum absolute atomic E-state index is 12.9. The fraction of sp³-hybridized carbons (Fsp3) is 0.526. The highest BCUT2D eigenvalue weighted by Gasteiger charge is 2.25. The molecule has 3 rings (SSSR count). The number of nitrogens with zero attached hydrogens (tertiary/aromatic N) is 3. The lowest BCUT2D eigenvalue weighted by atomic mass is 10.1. The zero-order valence-corrected chi connectivity index (χ0v) is 14.8. The summed E-state index contributed by atoms with van der Waals surface area (Å²) in [5, 5.41) is 2.92. The van der Waals surface area contributed by atoms with Gasteiger partial charge in [0.15, 0.2) is 5.69 Å². The molecule has 0 aromatic carbocycles. The Morgan fingerprint density at radius 3 is 2.72 bits per heavy atom. The maximum atomic E-state index is 12.9. The SMILES string of the molecule is CCCCCNC(=O)c1nc(C(=O)N2CCCCC2)n2ccccc12. The van der Waals surface area contributed by atoms with Crippen molar-refractivity contribution in [2.24, 2.45) is 0 Å². The van der Waals surface area contributed by atoms with Gasteiger partial charge in [0.1, 0.15) is 0 Å². The van der Waals surface area contributed by atoms with Crippen LogP contribution in [0.5, 0.6) is 0 Å². The van der Waals surface area contributed by atoms with Crippen molar-refractivity contribution in [3.8, 4) is 0 Å². The van der Waals surface area contributed by atoms with Gasteiger partial charge in [0, 0.05) is 25.8 Å². The van der Waals surface area contributed by atoms with Crippen molar-refractivity contribution in [1.82, 2.24) is 19.6 Å². The number of hydrogen-bond donors (Lipinski definition) is 1. The fourth-order valence-corrected chi connectivity index (χ4v) is 3.25. The number of hydrogen-bond acceptors (Lipinski definition) is 3. The molecular weight excluding hydrogens is 316 g/mol. The summed E-state index contributed by atoms with van der Waals surface area (Å²) < 4.78 is 1.73. The zero-order valence-electron chi connectivity index (χ0n) is 14.8. The highest BCUT2D eigenvalue weighted by atomic mass is 16.2. The summed E-state index contributed by atoms with van der Waals surface area (Å²) >= 11 is 0. The molecule has 134 valence electrons. The summed E-state index contributed by atoms with van der Waals surface area (Å²) in [6.45, 7) is 4.29. The molecule has 1 fully saturated rings. The third-order valence-electron chi connectivity index (χ3n) is 4.66. The third-order valence-corrected chi connectivity index (χ3v) is 4.66. The highest BCUT2D eigenvalue weighted by molar-refractivity contribution is 6.02. The van der Waals surface area contributed by atoms with Crippen molar-refractivity contribution < 1.29 is 9.59 Å². The molecule has 1 saturated heterocycles. The van der Waals surface area contributed by atoms with Crippen LogP contribution < -0.4 is 5.32 Å². The van der Waals surface area contributed by atoms with E-state index in [4.69, 9.17) is 0 Å². The van der Waals surface area contributed by atoms with E-state index in [1.807, 2.05) is 23.1 Å². The number of piperidine rings is 1. The Hall–Kier alpha value is -2.37. The quantitative estimate of drug-likeness (QED) is 0.821.